The maximum Gasteiger partial charge on any atom is 0.131 e. The third-order valence-electron chi connectivity index (χ3n) is 1.51. The van der Waals surface area contributed by atoms with Crippen molar-refractivity contribution in [1.82, 2.24) is 0 Å². The van der Waals surface area contributed by atoms with Gasteiger partial charge in [0, 0.05) is 5.56 Å². The van der Waals surface area contributed by atoms with Crippen LogP contribution in [-0.2, 0) is 11.4 Å². The molecule has 1 aromatic rings. The first kappa shape index (κ1) is 8.17. The number of halogens is 1. The third-order valence-corrected chi connectivity index (χ3v) is 1.51. The fourth-order valence-electron chi connectivity index (χ4n) is 0.909. The fourth-order valence-corrected chi connectivity index (χ4v) is 0.909. The van der Waals surface area contributed by atoms with Crippen molar-refractivity contribution in [1.29, 1.82) is 0 Å². The van der Waals surface area contributed by atoms with Crippen molar-refractivity contribution in [3.63, 3.8) is 0 Å². The summed E-state index contributed by atoms with van der Waals surface area (Å²) in [6, 6.07) is 5.12. The monoisotopic (exact) mass is 155 g/mol. The van der Waals surface area contributed by atoms with Crippen LogP contribution in [-0.4, -0.2) is 0 Å². The van der Waals surface area contributed by atoms with E-state index in [1.807, 2.05) is 0 Å². The largest absolute Gasteiger partial charge is 0.300 e. The van der Waals surface area contributed by atoms with Gasteiger partial charge >= 0.3 is 0 Å². The molecule has 0 aliphatic carbocycles. The van der Waals surface area contributed by atoms with E-state index in [4.69, 9.17) is 5.90 Å². The number of hydrogen-bond acceptors (Lipinski definition) is 2. The summed E-state index contributed by atoms with van der Waals surface area (Å²) in [7, 11) is 0. The molecular weight excluding hydrogens is 145 g/mol. The van der Waals surface area contributed by atoms with Crippen LogP contribution in [0.1, 0.15) is 11.1 Å². The fraction of sp³-hybridized carbons (Fsp3) is 0.250. The van der Waals surface area contributed by atoms with E-state index in [9.17, 15) is 4.39 Å². The summed E-state index contributed by atoms with van der Waals surface area (Å²) < 4.78 is 13.1. The van der Waals surface area contributed by atoms with Crippen molar-refractivity contribution in [2.75, 3.05) is 0 Å². The molecular formula is C8H10FNO. The van der Waals surface area contributed by atoms with Gasteiger partial charge in [0.1, 0.15) is 5.82 Å². The van der Waals surface area contributed by atoms with Crippen LogP contribution in [0.25, 0.3) is 0 Å². The van der Waals surface area contributed by atoms with Crippen molar-refractivity contribution >= 4 is 0 Å². The maximum atomic E-state index is 13.1. The van der Waals surface area contributed by atoms with Crippen LogP contribution in [0.2, 0.25) is 0 Å². The Bertz CT molecular complexity index is 250. The second-order valence-corrected chi connectivity index (χ2v) is 2.36. The van der Waals surface area contributed by atoms with E-state index in [0.717, 1.165) is 0 Å². The third kappa shape index (κ3) is 1.76. The molecule has 1 aromatic carbocycles. The van der Waals surface area contributed by atoms with E-state index in [1.54, 1.807) is 25.1 Å². The lowest BCUT2D eigenvalue weighted by Crippen LogP contribution is -2.01. The zero-order valence-electron chi connectivity index (χ0n) is 6.30. The first-order chi connectivity index (χ1) is 5.25. The summed E-state index contributed by atoms with van der Waals surface area (Å²) in [4.78, 5) is 4.32. The van der Waals surface area contributed by atoms with Crippen LogP contribution in [0.3, 0.4) is 0 Å². The Morgan fingerprint density at radius 1 is 1.55 bits per heavy atom. The van der Waals surface area contributed by atoms with Crippen molar-refractivity contribution < 1.29 is 9.23 Å². The van der Waals surface area contributed by atoms with Gasteiger partial charge in [0.05, 0.1) is 6.61 Å². The molecule has 60 valence electrons. The molecule has 0 heterocycles. The zero-order chi connectivity index (χ0) is 8.27. The minimum atomic E-state index is -0.238. The molecule has 0 aliphatic heterocycles. The molecule has 0 amide bonds. The summed E-state index contributed by atoms with van der Waals surface area (Å²) in [5, 5.41) is 0. The van der Waals surface area contributed by atoms with Crippen molar-refractivity contribution in [2.24, 2.45) is 5.90 Å². The highest BCUT2D eigenvalue weighted by Crippen LogP contribution is 2.11. The molecule has 1 rings (SSSR count). The highest BCUT2D eigenvalue weighted by Gasteiger charge is 2.02. The summed E-state index contributed by atoms with van der Waals surface area (Å²) in [6.07, 6.45) is 0. The smallest absolute Gasteiger partial charge is 0.131 e. The van der Waals surface area contributed by atoms with Gasteiger partial charge in [0.2, 0.25) is 0 Å². The van der Waals surface area contributed by atoms with Gasteiger partial charge in [0.25, 0.3) is 0 Å². The molecule has 11 heavy (non-hydrogen) atoms. The van der Waals surface area contributed by atoms with Crippen LogP contribution < -0.4 is 5.90 Å². The normalized spacial score (nSPS) is 10.1. The number of rotatable bonds is 2. The van der Waals surface area contributed by atoms with Gasteiger partial charge in [-0.3, -0.25) is 4.84 Å². The Hall–Kier alpha value is -0.930. The number of nitrogens with two attached hydrogens (primary N) is 1. The van der Waals surface area contributed by atoms with Gasteiger partial charge in [-0.05, 0) is 12.5 Å². The second kappa shape index (κ2) is 3.46. The van der Waals surface area contributed by atoms with Crippen LogP contribution in [0.5, 0.6) is 0 Å². The predicted octanol–water partition coefficient (Wildman–Crippen LogP) is 1.52. The van der Waals surface area contributed by atoms with Gasteiger partial charge in [-0.2, -0.15) is 0 Å². The summed E-state index contributed by atoms with van der Waals surface area (Å²) in [5.74, 6) is 4.57. The molecule has 0 aromatic heterocycles. The molecule has 0 fully saturated rings. The van der Waals surface area contributed by atoms with Gasteiger partial charge in [-0.25, -0.2) is 10.3 Å². The Morgan fingerprint density at radius 2 is 2.27 bits per heavy atom. The molecule has 0 bridgehead atoms. The van der Waals surface area contributed by atoms with Crippen molar-refractivity contribution in [3.05, 3.63) is 35.1 Å². The quantitative estimate of drug-likeness (QED) is 0.657. The van der Waals surface area contributed by atoms with E-state index in [1.165, 1.54) is 0 Å². The van der Waals surface area contributed by atoms with Crippen molar-refractivity contribution in [3.8, 4) is 0 Å². The van der Waals surface area contributed by atoms with Crippen LogP contribution in [0, 0.1) is 12.7 Å². The molecule has 0 saturated carbocycles. The summed E-state index contributed by atoms with van der Waals surface area (Å²) in [5.41, 5.74) is 1.10. The molecule has 0 unspecified atom stereocenters. The Labute approximate surface area is 64.7 Å². The van der Waals surface area contributed by atoms with Gasteiger partial charge in [-0.1, -0.05) is 18.2 Å². The summed E-state index contributed by atoms with van der Waals surface area (Å²) in [6.45, 7) is 1.82. The Balaban J connectivity index is 2.96. The van der Waals surface area contributed by atoms with E-state index in [2.05, 4.69) is 4.84 Å². The summed E-state index contributed by atoms with van der Waals surface area (Å²) >= 11 is 0. The molecule has 0 radical (unpaired) electrons. The molecule has 2 N–H and O–H groups in total. The molecule has 2 nitrogen and oxygen atoms in total. The van der Waals surface area contributed by atoms with E-state index >= 15 is 0 Å². The SMILES string of the molecule is Cc1cccc(CON)c1F. The number of benzene rings is 1. The van der Waals surface area contributed by atoms with Gasteiger partial charge in [-0.15, -0.1) is 0 Å². The Kier molecular flexibility index (Phi) is 2.57. The molecule has 0 saturated heterocycles. The van der Waals surface area contributed by atoms with Crippen LogP contribution >= 0.6 is 0 Å². The standard InChI is InChI=1S/C8H10FNO/c1-6-3-2-4-7(5-11-10)8(6)9/h2-4H,5,10H2,1H3. The molecule has 0 aliphatic rings. The van der Waals surface area contributed by atoms with Crippen molar-refractivity contribution in [2.45, 2.75) is 13.5 Å². The van der Waals surface area contributed by atoms with Crippen LogP contribution in [0.4, 0.5) is 4.39 Å². The molecule has 0 atom stereocenters. The van der Waals surface area contributed by atoms with Gasteiger partial charge < -0.3 is 0 Å². The topological polar surface area (TPSA) is 35.2 Å². The second-order valence-electron chi connectivity index (χ2n) is 2.36. The minimum Gasteiger partial charge on any atom is -0.300 e. The minimum absolute atomic E-state index is 0.119. The lowest BCUT2D eigenvalue weighted by molar-refractivity contribution is 0.121. The first-order valence-corrected chi connectivity index (χ1v) is 3.31. The lowest BCUT2D eigenvalue weighted by atomic mass is 10.1. The Morgan fingerprint density at radius 3 is 2.91 bits per heavy atom. The highest BCUT2D eigenvalue weighted by molar-refractivity contribution is 5.24. The zero-order valence-corrected chi connectivity index (χ0v) is 6.30. The van der Waals surface area contributed by atoms with E-state index < -0.39 is 0 Å². The lowest BCUT2D eigenvalue weighted by Gasteiger charge is -2.02. The molecule has 0 spiro atoms. The number of hydrogen-bond donors (Lipinski definition) is 1. The van der Waals surface area contributed by atoms with Crippen LogP contribution in [0.15, 0.2) is 18.2 Å². The van der Waals surface area contributed by atoms with E-state index in [0.29, 0.717) is 11.1 Å². The molecule has 3 heteroatoms. The first-order valence-electron chi connectivity index (χ1n) is 3.31. The number of aryl methyl sites for hydroxylation is 1. The van der Waals surface area contributed by atoms with Gasteiger partial charge in [0.15, 0.2) is 0 Å². The predicted molar refractivity (Wildman–Crippen MR) is 40.1 cm³/mol. The average Bonchev–Trinajstić information content (AvgIpc) is 1.99. The average molecular weight is 155 g/mol. The maximum absolute atomic E-state index is 13.1. The highest BCUT2D eigenvalue weighted by atomic mass is 19.1. The van der Waals surface area contributed by atoms with E-state index in [-0.39, 0.29) is 12.4 Å².